The molecule has 6 heteroatoms. The SMILES string of the molecule is CC(C)NCC(=O)N(CC(N)=O)Cc1ccc(Br)cc1. The minimum Gasteiger partial charge on any atom is -0.368 e. The molecule has 2 amide bonds. The van der Waals surface area contributed by atoms with Crippen LogP contribution in [0.15, 0.2) is 28.7 Å². The molecule has 0 fully saturated rings. The summed E-state index contributed by atoms with van der Waals surface area (Å²) in [5.74, 6) is -0.652. The summed E-state index contributed by atoms with van der Waals surface area (Å²) in [5.41, 5.74) is 6.16. The van der Waals surface area contributed by atoms with E-state index in [1.54, 1.807) is 0 Å². The fourth-order valence-corrected chi connectivity index (χ4v) is 1.90. The maximum atomic E-state index is 12.1. The van der Waals surface area contributed by atoms with E-state index in [1.807, 2.05) is 38.1 Å². The quantitative estimate of drug-likeness (QED) is 0.783. The topological polar surface area (TPSA) is 75.4 Å². The number of nitrogens with two attached hydrogens (primary N) is 1. The first-order valence-corrected chi connectivity index (χ1v) is 7.21. The number of nitrogens with one attached hydrogen (secondary N) is 1. The molecule has 1 rings (SSSR count). The Labute approximate surface area is 127 Å². The van der Waals surface area contributed by atoms with Crippen LogP contribution in [0.3, 0.4) is 0 Å². The minimum absolute atomic E-state index is 0.0747. The van der Waals surface area contributed by atoms with Gasteiger partial charge in [-0.15, -0.1) is 0 Å². The lowest BCUT2D eigenvalue weighted by molar-refractivity contribution is -0.135. The third-order valence-electron chi connectivity index (χ3n) is 2.65. The summed E-state index contributed by atoms with van der Waals surface area (Å²) < 4.78 is 0.968. The summed E-state index contributed by atoms with van der Waals surface area (Å²) >= 11 is 3.36. The number of benzene rings is 1. The van der Waals surface area contributed by atoms with Crippen molar-refractivity contribution in [2.24, 2.45) is 5.73 Å². The highest BCUT2D eigenvalue weighted by Gasteiger charge is 2.16. The predicted molar refractivity (Wildman–Crippen MR) is 81.9 cm³/mol. The van der Waals surface area contributed by atoms with Gasteiger partial charge in [0.25, 0.3) is 0 Å². The van der Waals surface area contributed by atoms with Crippen LogP contribution in [0.4, 0.5) is 0 Å². The van der Waals surface area contributed by atoms with Crippen LogP contribution in [0.25, 0.3) is 0 Å². The van der Waals surface area contributed by atoms with Gasteiger partial charge in [-0.2, -0.15) is 0 Å². The second-order valence-electron chi connectivity index (χ2n) is 4.88. The maximum Gasteiger partial charge on any atom is 0.237 e. The Bertz CT molecular complexity index is 460. The van der Waals surface area contributed by atoms with E-state index < -0.39 is 5.91 Å². The van der Waals surface area contributed by atoms with Gasteiger partial charge in [-0.1, -0.05) is 41.9 Å². The van der Waals surface area contributed by atoms with E-state index in [-0.39, 0.29) is 25.0 Å². The molecule has 0 spiro atoms. The second kappa shape index (κ2) is 8.01. The van der Waals surface area contributed by atoms with Gasteiger partial charge in [-0.05, 0) is 17.7 Å². The monoisotopic (exact) mass is 341 g/mol. The van der Waals surface area contributed by atoms with Crippen LogP contribution in [0.2, 0.25) is 0 Å². The lowest BCUT2D eigenvalue weighted by Crippen LogP contribution is -2.43. The van der Waals surface area contributed by atoms with Gasteiger partial charge >= 0.3 is 0 Å². The first kappa shape index (κ1) is 16.7. The van der Waals surface area contributed by atoms with Gasteiger partial charge in [-0.3, -0.25) is 9.59 Å². The highest BCUT2D eigenvalue weighted by atomic mass is 79.9. The molecule has 0 aliphatic heterocycles. The van der Waals surface area contributed by atoms with Gasteiger partial charge in [0.2, 0.25) is 11.8 Å². The second-order valence-corrected chi connectivity index (χ2v) is 5.79. The summed E-state index contributed by atoms with van der Waals surface area (Å²) in [6, 6.07) is 7.81. The van der Waals surface area contributed by atoms with E-state index in [2.05, 4.69) is 21.2 Å². The van der Waals surface area contributed by atoms with Crippen LogP contribution in [-0.2, 0) is 16.1 Å². The van der Waals surface area contributed by atoms with E-state index in [0.717, 1.165) is 10.0 Å². The van der Waals surface area contributed by atoms with Crippen molar-refractivity contribution in [3.8, 4) is 0 Å². The number of carbonyl (C=O) groups is 2. The fraction of sp³-hybridized carbons (Fsp3) is 0.429. The molecule has 0 bridgehead atoms. The molecule has 5 nitrogen and oxygen atoms in total. The van der Waals surface area contributed by atoms with Crippen molar-refractivity contribution < 1.29 is 9.59 Å². The standard InChI is InChI=1S/C14H20BrN3O2/c1-10(2)17-7-14(20)18(9-13(16)19)8-11-3-5-12(15)6-4-11/h3-6,10,17H,7-9H2,1-2H3,(H2,16,19). The Hall–Kier alpha value is -1.40. The van der Waals surface area contributed by atoms with Crippen molar-refractivity contribution in [2.75, 3.05) is 13.1 Å². The number of nitrogens with zero attached hydrogens (tertiary/aromatic N) is 1. The minimum atomic E-state index is -0.514. The molecule has 0 saturated carbocycles. The van der Waals surface area contributed by atoms with Gasteiger partial charge < -0.3 is 16.0 Å². The lowest BCUT2D eigenvalue weighted by Gasteiger charge is -2.22. The number of hydrogen-bond donors (Lipinski definition) is 2. The third-order valence-corrected chi connectivity index (χ3v) is 3.18. The normalized spacial score (nSPS) is 10.6. The zero-order valence-electron chi connectivity index (χ0n) is 11.7. The Morgan fingerprint density at radius 1 is 1.30 bits per heavy atom. The summed E-state index contributed by atoms with van der Waals surface area (Å²) in [6.07, 6.45) is 0. The zero-order valence-corrected chi connectivity index (χ0v) is 13.3. The number of carbonyl (C=O) groups excluding carboxylic acids is 2. The molecular weight excluding hydrogens is 322 g/mol. The lowest BCUT2D eigenvalue weighted by atomic mass is 10.2. The summed E-state index contributed by atoms with van der Waals surface area (Å²) in [6.45, 7) is 4.41. The first-order valence-electron chi connectivity index (χ1n) is 6.42. The number of amides is 2. The van der Waals surface area contributed by atoms with Crippen molar-refractivity contribution in [2.45, 2.75) is 26.4 Å². The van der Waals surface area contributed by atoms with Gasteiger partial charge in [0, 0.05) is 17.1 Å². The van der Waals surface area contributed by atoms with Crippen LogP contribution < -0.4 is 11.1 Å². The van der Waals surface area contributed by atoms with Crippen molar-refractivity contribution >= 4 is 27.7 Å². The first-order chi connectivity index (χ1) is 9.38. The molecule has 0 heterocycles. The van der Waals surface area contributed by atoms with Crippen LogP contribution in [-0.4, -0.2) is 35.8 Å². The number of rotatable bonds is 7. The highest BCUT2D eigenvalue weighted by molar-refractivity contribution is 9.10. The van der Waals surface area contributed by atoms with Crippen molar-refractivity contribution in [1.29, 1.82) is 0 Å². The van der Waals surface area contributed by atoms with Gasteiger partial charge in [0.15, 0.2) is 0 Å². The number of primary amides is 1. The molecule has 20 heavy (non-hydrogen) atoms. The molecule has 0 radical (unpaired) electrons. The van der Waals surface area contributed by atoms with Crippen molar-refractivity contribution in [3.63, 3.8) is 0 Å². The average Bonchev–Trinajstić information content (AvgIpc) is 2.37. The van der Waals surface area contributed by atoms with Gasteiger partial charge in [0.05, 0.1) is 13.1 Å². The van der Waals surface area contributed by atoms with E-state index in [4.69, 9.17) is 5.73 Å². The highest BCUT2D eigenvalue weighted by Crippen LogP contribution is 2.12. The molecular formula is C14H20BrN3O2. The van der Waals surface area contributed by atoms with E-state index >= 15 is 0 Å². The smallest absolute Gasteiger partial charge is 0.237 e. The molecule has 0 unspecified atom stereocenters. The van der Waals surface area contributed by atoms with Crippen LogP contribution in [0, 0.1) is 0 Å². The Kier molecular flexibility index (Phi) is 6.67. The molecule has 3 N–H and O–H groups in total. The number of hydrogen-bond acceptors (Lipinski definition) is 3. The zero-order chi connectivity index (χ0) is 15.1. The average molecular weight is 342 g/mol. The van der Waals surface area contributed by atoms with Crippen molar-refractivity contribution in [3.05, 3.63) is 34.3 Å². The molecule has 0 aliphatic carbocycles. The van der Waals surface area contributed by atoms with E-state index in [9.17, 15) is 9.59 Å². The third kappa shape index (κ3) is 6.16. The van der Waals surface area contributed by atoms with E-state index in [1.165, 1.54) is 4.90 Å². The summed E-state index contributed by atoms with van der Waals surface area (Å²) in [7, 11) is 0. The van der Waals surface area contributed by atoms with Gasteiger partial charge in [0.1, 0.15) is 0 Å². The van der Waals surface area contributed by atoms with Crippen molar-refractivity contribution in [1.82, 2.24) is 10.2 Å². The molecule has 0 atom stereocenters. The molecule has 1 aromatic rings. The number of halogens is 1. The predicted octanol–water partition coefficient (Wildman–Crippen LogP) is 1.26. The Balaban J connectivity index is 2.70. The van der Waals surface area contributed by atoms with E-state index in [0.29, 0.717) is 6.54 Å². The van der Waals surface area contributed by atoms with Crippen LogP contribution in [0.1, 0.15) is 19.4 Å². The molecule has 0 saturated heterocycles. The largest absolute Gasteiger partial charge is 0.368 e. The van der Waals surface area contributed by atoms with Crippen LogP contribution >= 0.6 is 15.9 Å². The molecule has 110 valence electrons. The van der Waals surface area contributed by atoms with Gasteiger partial charge in [-0.25, -0.2) is 0 Å². The molecule has 1 aromatic carbocycles. The summed E-state index contributed by atoms with van der Waals surface area (Å²) in [4.78, 5) is 24.7. The van der Waals surface area contributed by atoms with Crippen LogP contribution in [0.5, 0.6) is 0 Å². The summed E-state index contributed by atoms with van der Waals surface area (Å²) in [5, 5.41) is 3.04. The Morgan fingerprint density at radius 3 is 2.40 bits per heavy atom. The maximum absolute atomic E-state index is 12.1. The molecule has 0 aromatic heterocycles. The Morgan fingerprint density at radius 2 is 1.90 bits per heavy atom. The fourth-order valence-electron chi connectivity index (χ4n) is 1.63. The molecule has 0 aliphatic rings.